The van der Waals surface area contributed by atoms with E-state index in [0.717, 1.165) is 61.8 Å². The predicted molar refractivity (Wildman–Crippen MR) is 221 cm³/mol. The van der Waals surface area contributed by atoms with Crippen molar-refractivity contribution in [2.75, 3.05) is 40.5 Å². The van der Waals surface area contributed by atoms with Gasteiger partial charge < -0.3 is 30.2 Å². The fourth-order valence-corrected chi connectivity index (χ4v) is 9.87. The third kappa shape index (κ3) is 6.78. The van der Waals surface area contributed by atoms with Gasteiger partial charge in [0.2, 0.25) is 23.5 Å². The van der Waals surface area contributed by atoms with Crippen molar-refractivity contribution < 1.29 is 23.1 Å². The van der Waals surface area contributed by atoms with Gasteiger partial charge in [-0.25, -0.2) is 13.8 Å². The molecule has 4 N–H and O–H groups in total. The number of pyridine rings is 1. The molecule has 2 saturated carbocycles. The van der Waals surface area contributed by atoms with Crippen LogP contribution < -0.4 is 36.5 Å². The van der Waals surface area contributed by atoms with E-state index in [1.807, 2.05) is 23.9 Å². The zero-order valence-corrected chi connectivity index (χ0v) is 33.5. The van der Waals surface area contributed by atoms with E-state index >= 15 is 8.78 Å². The molecule has 17 heteroatoms. The van der Waals surface area contributed by atoms with Crippen LogP contribution in [0.15, 0.2) is 47.4 Å². The minimum absolute atomic E-state index is 0.108. The number of carbonyl (C=O) groups is 2. The minimum Gasteiger partial charge on any atom is -0.480 e. The number of benzene rings is 2. The van der Waals surface area contributed by atoms with Crippen molar-refractivity contribution in [2.45, 2.75) is 81.7 Å². The fourth-order valence-electron chi connectivity index (χ4n) is 9.73. The van der Waals surface area contributed by atoms with Gasteiger partial charge in [-0.2, -0.15) is 10.1 Å². The zero-order valence-electron chi connectivity index (χ0n) is 32.8. The number of fused-ring (bicyclic) bond motifs is 4. The normalized spacial score (nSPS) is 25.4. The van der Waals surface area contributed by atoms with Gasteiger partial charge in [0.25, 0.3) is 5.56 Å². The molecular weight excluding hydrogens is 782 g/mol. The highest BCUT2D eigenvalue weighted by Gasteiger charge is 2.51. The molecule has 2 amide bonds. The molecule has 0 bridgehead atoms. The van der Waals surface area contributed by atoms with Crippen LogP contribution in [0.2, 0.25) is 5.02 Å². The number of aryl methyl sites for hydroxylation is 2. The van der Waals surface area contributed by atoms with Crippen molar-refractivity contribution in [2.24, 2.45) is 25.4 Å². The van der Waals surface area contributed by atoms with Crippen LogP contribution in [0.25, 0.3) is 21.8 Å². The quantitative estimate of drug-likeness (QED) is 0.131. The molecule has 2 aliphatic carbocycles. The van der Waals surface area contributed by atoms with Crippen LogP contribution in [0.3, 0.4) is 0 Å². The van der Waals surface area contributed by atoms with Gasteiger partial charge in [0, 0.05) is 61.8 Å². The number of nitrogens with one attached hydrogen (secondary N) is 4. The van der Waals surface area contributed by atoms with Crippen LogP contribution in [0.5, 0.6) is 5.75 Å². The molecule has 4 fully saturated rings. The van der Waals surface area contributed by atoms with Gasteiger partial charge in [-0.05, 0) is 99.1 Å². The monoisotopic (exact) mass is 826 g/mol. The number of amides is 2. The Labute approximate surface area is 343 Å². The number of rotatable bonds is 7. The summed E-state index contributed by atoms with van der Waals surface area (Å²) in [5, 5.41) is 19.1. The van der Waals surface area contributed by atoms with Crippen molar-refractivity contribution in [3.8, 4) is 5.75 Å². The number of carbonyl (C=O) groups excluding carboxylic acids is 2. The summed E-state index contributed by atoms with van der Waals surface area (Å²) in [6, 6.07) is 10.7. The Balaban J connectivity index is 0.816. The average Bonchev–Trinajstić information content (AvgIpc) is 3.92. The van der Waals surface area contributed by atoms with Gasteiger partial charge in [-0.3, -0.25) is 24.4 Å². The van der Waals surface area contributed by atoms with E-state index in [0.29, 0.717) is 70.8 Å². The summed E-state index contributed by atoms with van der Waals surface area (Å²) in [5.41, 5.74) is 3.80. The Morgan fingerprint density at radius 3 is 2.53 bits per heavy atom. The molecule has 6 heterocycles. The van der Waals surface area contributed by atoms with Gasteiger partial charge in [-0.1, -0.05) is 11.6 Å². The number of hydrogen-bond acceptors (Lipinski definition) is 11. The maximum absolute atomic E-state index is 15.2. The zero-order chi connectivity index (χ0) is 40.8. The standard InChI is InChI=1S/C42H45ClF2N10O4/c1-53-30-9-6-24(17-28(30)34-35(39(53)58)59-21-42(44,45)36(50-34)22-3-4-22)48-37-29(43)19-46-40(51-37)55-16-15-41(20-55)13-11-23(12-14-41)47-25-5-7-26-31(18-25)54(2)52-33(26)27-8-10-32(56)49-38(27)57/h5-7,9,17-19,22-23,27,36,47,50H,3-4,8,10-16,20-21H2,1-2H3,(H,46,48,51)(H,49,56,57). The first kappa shape index (κ1) is 37.7. The van der Waals surface area contributed by atoms with Gasteiger partial charge in [0.15, 0.2) is 12.4 Å². The summed E-state index contributed by atoms with van der Waals surface area (Å²) in [4.78, 5) is 49.3. The van der Waals surface area contributed by atoms with Crippen LogP contribution in [-0.4, -0.2) is 73.8 Å². The van der Waals surface area contributed by atoms with Gasteiger partial charge in [0.1, 0.15) is 5.02 Å². The third-order valence-electron chi connectivity index (χ3n) is 13.2. The van der Waals surface area contributed by atoms with Crippen LogP contribution in [0.1, 0.15) is 69.4 Å². The van der Waals surface area contributed by atoms with Gasteiger partial charge in [-0.15, -0.1) is 0 Å². The molecule has 2 atom stereocenters. The first-order chi connectivity index (χ1) is 28.3. The lowest BCUT2D eigenvalue weighted by Crippen LogP contribution is -2.44. The third-order valence-corrected chi connectivity index (χ3v) is 13.5. The molecule has 5 aromatic rings. The smallest absolute Gasteiger partial charge is 0.301 e. The lowest BCUT2D eigenvalue weighted by molar-refractivity contribution is -0.134. The second-order valence-electron chi connectivity index (χ2n) is 17.1. The summed E-state index contributed by atoms with van der Waals surface area (Å²) in [6.45, 7) is 0.794. The van der Waals surface area contributed by atoms with Crippen LogP contribution in [0, 0.1) is 11.3 Å². The van der Waals surface area contributed by atoms with E-state index in [2.05, 4.69) is 48.4 Å². The van der Waals surface area contributed by atoms with Gasteiger partial charge in [0.05, 0.1) is 40.6 Å². The molecule has 3 aromatic heterocycles. The van der Waals surface area contributed by atoms with Crippen molar-refractivity contribution in [3.63, 3.8) is 0 Å². The highest BCUT2D eigenvalue weighted by molar-refractivity contribution is 6.33. The van der Waals surface area contributed by atoms with Crippen molar-refractivity contribution >= 4 is 74.0 Å². The number of nitrogens with zero attached hydrogens (tertiary/aromatic N) is 6. The molecule has 10 rings (SSSR count). The first-order valence-electron chi connectivity index (χ1n) is 20.4. The minimum atomic E-state index is -3.13. The Morgan fingerprint density at radius 2 is 1.75 bits per heavy atom. The Bertz CT molecular complexity index is 2600. The van der Waals surface area contributed by atoms with E-state index in [-0.39, 0.29) is 34.6 Å². The lowest BCUT2D eigenvalue weighted by Gasteiger charge is -2.37. The second-order valence-corrected chi connectivity index (χ2v) is 17.5. The summed E-state index contributed by atoms with van der Waals surface area (Å²) in [5.74, 6) is -3.39. The summed E-state index contributed by atoms with van der Waals surface area (Å²) in [6.07, 6.45) is 8.95. The lowest BCUT2D eigenvalue weighted by atomic mass is 9.72. The maximum Gasteiger partial charge on any atom is 0.301 e. The molecular formula is C42H45ClF2N10O4. The molecule has 3 aliphatic heterocycles. The molecule has 5 aliphatic rings. The van der Waals surface area contributed by atoms with Crippen molar-refractivity contribution in [1.82, 2.24) is 29.6 Å². The number of ether oxygens (including phenoxy) is 1. The molecule has 59 heavy (non-hydrogen) atoms. The average molecular weight is 827 g/mol. The maximum atomic E-state index is 15.2. The van der Waals surface area contributed by atoms with Crippen molar-refractivity contribution in [3.05, 3.63) is 63.7 Å². The van der Waals surface area contributed by atoms with E-state index in [9.17, 15) is 14.4 Å². The van der Waals surface area contributed by atoms with Crippen LogP contribution in [0.4, 0.5) is 37.6 Å². The Kier molecular flexibility index (Phi) is 8.99. The highest BCUT2D eigenvalue weighted by atomic mass is 35.5. The SMILES string of the molecule is Cn1nc(C2CCC(=O)NC2=O)c2ccc(NC3CCC4(CC3)CCN(c3ncc(Cl)c(Nc5ccc6c(c5)c5c(c(=O)n6C)OCC(F)(F)C(C6CC6)N5)n3)C4)cc21. The molecule has 14 nitrogen and oxygen atoms in total. The van der Waals surface area contributed by atoms with E-state index < -0.39 is 30.0 Å². The number of alkyl halides is 2. The topological polar surface area (TPSA) is 160 Å². The molecule has 1 spiro atoms. The largest absolute Gasteiger partial charge is 0.480 e. The summed E-state index contributed by atoms with van der Waals surface area (Å²) >= 11 is 6.65. The molecule has 0 radical (unpaired) electrons. The number of aromatic nitrogens is 5. The van der Waals surface area contributed by atoms with Gasteiger partial charge >= 0.3 is 5.92 Å². The number of anilines is 5. The van der Waals surface area contributed by atoms with E-state index in [1.165, 1.54) is 4.57 Å². The first-order valence-corrected chi connectivity index (χ1v) is 20.8. The van der Waals surface area contributed by atoms with Crippen LogP contribution in [-0.2, 0) is 23.7 Å². The van der Waals surface area contributed by atoms with Crippen molar-refractivity contribution in [1.29, 1.82) is 0 Å². The van der Waals surface area contributed by atoms with Crippen LogP contribution >= 0.6 is 11.6 Å². The Hall–Kier alpha value is -5.51. The number of halogens is 3. The van der Waals surface area contributed by atoms with E-state index in [1.54, 1.807) is 25.4 Å². The van der Waals surface area contributed by atoms with E-state index in [4.69, 9.17) is 21.3 Å². The fraction of sp³-hybridized carbons (Fsp3) is 0.476. The molecule has 2 saturated heterocycles. The number of piperidine rings is 1. The molecule has 2 aromatic carbocycles. The summed E-state index contributed by atoms with van der Waals surface area (Å²) in [7, 11) is 3.49. The summed E-state index contributed by atoms with van der Waals surface area (Å²) < 4.78 is 39.1. The second kappa shape index (κ2) is 14.1. The number of imide groups is 1. The molecule has 2 unspecified atom stereocenters. The highest BCUT2D eigenvalue weighted by Crippen LogP contribution is 2.47. The molecule has 308 valence electrons. The Morgan fingerprint density at radius 1 is 0.949 bits per heavy atom. The number of hydrogen-bond donors (Lipinski definition) is 4. The predicted octanol–water partition coefficient (Wildman–Crippen LogP) is 6.60.